The minimum atomic E-state index is -0.514. The van der Waals surface area contributed by atoms with E-state index in [1.807, 2.05) is 96.5 Å². The summed E-state index contributed by atoms with van der Waals surface area (Å²) in [6, 6.07) is 25.2. The Bertz CT molecular complexity index is 1450. The summed E-state index contributed by atoms with van der Waals surface area (Å²) < 4.78 is 8.23. The number of ether oxygens (including phenoxy) is 1. The van der Waals surface area contributed by atoms with Gasteiger partial charge in [0, 0.05) is 67.7 Å². The molecule has 2 heterocycles. The van der Waals surface area contributed by atoms with Crippen molar-refractivity contribution in [1.82, 2.24) is 14.4 Å². The number of carbonyl (C=O) groups excluding carboxylic acids is 2. The van der Waals surface area contributed by atoms with Crippen molar-refractivity contribution in [2.24, 2.45) is 12.5 Å². The fraction of sp³-hybridized carbons (Fsp3) is 0.312. The van der Waals surface area contributed by atoms with Gasteiger partial charge >= 0.3 is 0 Å². The normalized spacial score (nSPS) is 17.3. The number of benzene rings is 3. The maximum Gasteiger partial charge on any atom is 0.256 e. The lowest BCUT2D eigenvalue weighted by molar-refractivity contribution is -0.134. The summed E-state index contributed by atoms with van der Waals surface area (Å²) in [5.41, 5.74) is 2.28. The van der Waals surface area contributed by atoms with Crippen molar-refractivity contribution >= 4 is 34.3 Å². The number of hydrogen-bond donors (Lipinski definition) is 0. The zero-order chi connectivity index (χ0) is 27.4. The monoisotopic (exact) mass is 543 g/mol. The van der Waals surface area contributed by atoms with E-state index in [0.717, 1.165) is 29.3 Å². The predicted molar refractivity (Wildman–Crippen MR) is 155 cm³/mol. The molecule has 0 N–H and O–H groups in total. The number of fused-ring (bicyclic) bond motifs is 1. The minimum Gasteiger partial charge on any atom is -0.493 e. The average molecular weight is 544 g/mol. The van der Waals surface area contributed by atoms with Gasteiger partial charge in [-0.2, -0.15) is 0 Å². The smallest absolute Gasteiger partial charge is 0.256 e. The first-order valence-corrected chi connectivity index (χ1v) is 13.7. The number of aryl methyl sites for hydroxylation is 1. The number of para-hydroxylation sites is 1. The SMILES string of the molecule is CN(Cc1ccccc1)C(=O)C[C@]1(COc2ccc(Cl)cc2)CCCN(C(=O)c2cn(C)c3ccccc23)C1. The van der Waals surface area contributed by atoms with E-state index in [-0.39, 0.29) is 11.8 Å². The van der Waals surface area contributed by atoms with Crippen LogP contribution in [-0.2, 0) is 18.4 Å². The van der Waals surface area contributed by atoms with Crippen molar-refractivity contribution in [3.05, 3.63) is 101 Å². The van der Waals surface area contributed by atoms with Crippen molar-refractivity contribution in [2.45, 2.75) is 25.8 Å². The second-order valence-electron chi connectivity index (χ2n) is 10.7. The van der Waals surface area contributed by atoms with E-state index < -0.39 is 5.41 Å². The summed E-state index contributed by atoms with van der Waals surface area (Å²) in [6.07, 6.45) is 3.80. The molecule has 202 valence electrons. The topological polar surface area (TPSA) is 54.8 Å². The number of halogens is 1. The molecule has 1 saturated heterocycles. The minimum absolute atomic E-state index is 0.00698. The van der Waals surface area contributed by atoms with Crippen molar-refractivity contribution in [3.63, 3.8) is 0 Å². The maximum atomic E-state index is 13.8. The van der Waals surface area contributed by atoms with E-state index >= 15 is 0 Å². The van der Waals surface area contributed by atoms with Gasteiger partial charge in [-0.25, -0.2) is 0 Å². The molecule has 39 heavy (non-hydrogen) atoms. The Morgan fingerprint density at radius 1 is 1.00 bits per heavy atom. The van der Waals surface area contributed by atoms with Crippen LogP contribution in [0.3, 0.4) is 0 Å². The molecule has 1 aliphatic heterocycles. The quantitative estimate of drug-likeness (QED) is 0.266. The third-order valence-electron chi connectivity index (χ3n) is 7.65. The van der Waals surface area contributed by atoms with Gasteiger partial charge < -0.3 is 19.1 Å². The highest BCUT2D eigenvalue weighted by atomic mass is 35.5. The molecule has 1 aliphatic rings. The summed E-state index contributed by atoms with van der Waals surface area (Å²) in [5.74, 6) is 0.729. The van der Waals surface area contributed by atoms with Crippen LogP contribution in [0, 0.1) is 5.41 Å². The number of nitrogens with zero attached hydrogens (tertiary/aromatic N) is 3. The average Bonchev–Trinajstić information content (AvgIpc) is 3.29. The number of rotatable bonds is 8. The first-order chi connectivity index (χ1) is 18.8. The van der Waals surface area contributed by atoms with E-state index in [1.165, 1.54) is 0 Å². The molecular formula is C32H34ClN3O3. The van der Waals surface area contributed by atoms with Crippen molar-refractivity contribution in [2.75, 3.05) is 26.7 Å². The van der Waals surface area contributed by atoms with Gasteiger partial charge in [-0.15, -0.1) is 0 Å². The summed E-state index contributed by atoms with van der Waals surface area (Å²) in [5, 5.41) is 1.58. The van der Waals surface area contributed by atoms with Crippen LogP contribution in [0.25, 0.3) is 10.9 Å². The second kappa shape index (κ2) is 11.5. The molecule has 6 nitrogen and oxygen atoms in total. The molecule has 0 unspecified atom stereocenters. The highest BCUT2D eigenvalue weighted by Crippen LogP contribution is 2.36. The van der Waals surface area contributed by atoms with Gasteiger partial charge in [-0.05, 0) is 48.7 Å². The number of aromatic nitrogens is 1. The fourth-order valence-corrected chi connectivity index (χ4v) is 5.67. The fourth-order valence-electron chi connectivity index (χ4n) is 5.55. The van der Waals surface area contributed by atoms with Gasteiger partial charge in [0.1, 0.15) is 5.75 Å². The Hall–Kier alpha value is -3.77. The van der Waals surface area contributed by atoms with Crippen LogP contribution >= 0.6 is 11.6 Å². The molecule has 1 fully saturated rings. The van der Waals surface area contributed by atoms with Crippen molar-refractivity contribution < 1.29 is 14.3 Å². The third-order valence-corrected chi connectivity index (χ3v) is 7.90. The zero-order valence-electron chi connectivity index (χ0n) is 22.5. The molecule has 7 heteroatoms. The summed E-state index contributed by atoms with van der Waals surface area (Å²) >= 11 is 6.06. The van der Waals surface area contributed by atoms with Crippen LogP contribution in [0.1, 0.15) is 35.2 Å². The van der Waals surface area contributed by atoms with Crippen molar-refractivity contribution in [1.29, 1.82) is 0 Å². The molecule has 0 aliphatic carbocycles. The van der Waals surface area contributed by atoms with E-state index in [9.17, 15) is 9.59 Å². The molecule has 4 aromatic rings. The van der Waals surface area contributed by atoms with Crippen LogP contribution < -0.4 is 4.74 Å². The molecule has 0 saturated carbocycles. The molecule has 0 spiro atoms. The Balaban J connectivity index is 1.38. The second-order valence-corrected chi connectivity index (χ2v) is 11.1. The molecule has 0 radical (unpaired) electrons. The van der Waals surface area contributed by atoms with E-state index in [4.69, 9.17) is 16.3 Å². The van der Waals surface area contributed by atoms with Gasteiger partial charge in [0.25, 0.3) is 5.91 Å². The summed E-state index contributed by atoms with van der Waals surface area (Å²) in [6.45, 7) is 1.97. The first-order valence-electron chi connectivity index (χ1n) is 13.3. The lowest BCUT2D eigenvalue weighted by atomic mass is 9.77. The molecular weight excluding hydrogens is 510 g/mol. The van der Waals surface area contributed by atoms with Gasteiger partial charge in [-0.1, -0.05) is 60.1 Å². The van der Waals surface area contributed by atoms with Gasteiger partial charge in [0.2, 0.25) is 5.91 Å². The standard InChI is InChI=1S/C32H34ClN3O3/c1-34-21-28(27-11-6-7-12-29(27)34)31(38)36-18-8-17-32(22-36,23-39-26-15-13-25(33)14-16-26)19-30(37)35(2)20-24-9-4-3-5-10-24/h3-7,9-16,21H,8,17-20,22-23H2,1-2H3/t32-/m1/s1. The zero-order valence-corrected chi connectivity index (χ0v) is 23.2. The van der Waals surface area contributed by atoms with Crippen LogP contribution in [0.2, 0.25) is 5.02 Å². The number of amides is 2. The number of carbonyl (C=O) groups is 2. The highest BCUT2D eigenvalue weighted by Gasteiger charge is 2.41. The van der Waals surface area contributed by atoms with E-state index in [0.29, 0.717) is 49.0 Å². The lowest BCUT2D eigenvalue weighted by Gasteiger charge is -2.43. The van der Waals surface area contributed by atoms with Crippen molar-refractivity contribution in [3.8, 4) is 5.75 Å². The molecule has 1 aromatic heterocycles. The Morgan fingerprint density at radius 3 is 2.49 bits per heavy atom. The van der Waals surface area contributed by atoms with Crippen LogP contribution in [-0.4, -0.2) is 52.9 Å². The van der Waals surface area contributed by atoms with Crippen LogP contribution in [0.4, 0.5) is 0 Å². The Morgan fingerprint density at radius 2 is 1.72 bits per heavy atom. The summed E-state index contributed by atoms with van der Waals surface area (Å²) in [7, 11) is 3.80. The molecule has 0 bridgehead atoms. The number of hydrogen-bond acceptors (Lipinski definition) is 3. The molecule has 1 atom stereocenters. The highest BCUT2D eigenvalue weighted by molar-refractivity contribution is 6.30. The lowest BCUT2D eigenvalue weighted by Crippen LogP contribution is -2.50. The molecule has 5 rings (SSSR count). The predicted octanol–water partition coefficient (Wildman–Crippen LogP) is 6.18. The third kappa shape index (κ3) is 6.12. The van der Waals surface area contributed by atoms with E-state index in [2.05, 4.69) is 0 Å². The Kier molecular flexibility index (Phi) is 7.94. The van der Waals surface area contributed by atoms with Gasteiger partial charge in [0.15, 0.2) is 0 Å². The largest absolute Gasteiger partial charge is 0.493 e. The molecule has 3 aromatic carbocycles. The van der Waals surface area contributed by atoms with Crippen LogP contribution in [0.15, 0.2) is 85.1 Å². The summed E-state index contributed by atoms with van der Waals surface area (Å²) in [4.78, 5) is 31.1. The Labute approximate surface area is 234 Å². The number of likely N-dealkylation sites (tertiary alicyclic amines) is 1. The first kappa shape index (κ1) is 26.8. The molecule has 2 amide bonds. The van der Waals surface area contributed by atoms with E-state index in [1.54, 1.807) is 17.0 Å². The van der Waals surface area contributed by atoms with Crippen LogP contribution in [0.5, 0.6) is 5.75 Å². The maximum absolute atomic E-state index is 13.8. The van der Waals surface area contributed by atoms with Gasteiger partial charge in [0.05, 0.1) is 12.2 Å². The number of piperidine rings is 1. The van der Waals surface area contributed by atoms with Gasteiger partial charge in [-0.3, -0.25) is 9.59 Å².